The SMILES string of the molecule is Cc1ccccc1CCNC(=O)Cc1cc(OCc2ccccc2)cc(OCc2ccccc2)c1. The van der Waals surface area contributed by atoms with Gasteiger partial charge in [-0.05, 0) is 53.3 Å². The van der Waals surface area contributed by atoms with Crippen LogP contribution in [0, 0.1) is 6.92 Å². The van der Waals surface area contributed by atoms with Crippen molar-refractivity contribution in [3.8, 4) is 11.5 Å². The Kier molecular flexibility index (Phi) is 8.55. The van der Waals surface area contributed by atoms with Crippen LogP contribution in [0.1, 0.15) is 27.8 Å². The molecule has 0 bridgehead atoms. The van der Waals surface area contributed by atoms with Crippen LogP contribution < -0.4 is 14.8 Å². The average Bonchev–Trinajstić information content (AvgIpc) is 2.88. The molecule has 0 fully saturated rings. The molecule has 0 aliphatic rings. The second-order valence-corrected chi connectivity index (χ2v) is 8.56. The van der Waals surface area contributed by atoms with Crippen LogP contribution in [0.5, 0.6) is 11.5 Å². The number of amides is 1. The van der Waals surface area contributed by atoms with Gasteiger partial charge in [0.2, 0.25) is 5.91 Å². The van der Waals surface area contributed by atoms with Gasteiger partial charge in [0.25, 0.3) is 0 Å². The first-order valence-electron chi connectivity index (χ1n) is 11.9. The number of carbonyl (C=O) groups is 1. The van der Waals surface area contributed by atoms with Crippen molar-refractivity contribution in [3.05, 3.63) is 131 Å². The summed E-state index contributed by atoms with van der Waals surface area (Å²) in [7, 11) is 0. The van der Waals surface area contributed by atoms with Gasteiger partial charge in [-0.3, -0.25) is 4.79 Å². The number of benzene rings is 4. The third-order valence-corrected chi connectivity index (χ3v) is 5.78. The highest BCUT2D eigenvalue weighted by atomic mass is 16.5. The summed E-state index contributed by atoms with van der Waals surface area (Å²) >= 11 is 0. The Morgan fingerprint density at radius 2 is 1.23 bits per heavy atom. The summed E-state index contributed by atoms with van der Waals surface area (Å²) in [6, 6.07) is 34.0. The summed E-state index contributed by atoms with van der Waals surface area (Å²) in [5.41, 5.74) is 5.51. The van der Waals surface area contributed by atoms with E-state index < -0.39 is 0 Å². The van der Waals surface area contributed by atoms with Crippen molar-refractivity contribution in [1.82, 2.24) is 5.32 Å². The Balaban J connectivity index is 1.40. The minimum Gasteiger partial charge on any atom is -0.489 e. The summed E-state index contributed by atoms with van der Waals surface area (Å²) < 4.78 is 12.1. The molecular formula is C31H31NO3. The van der Waals surface area contributed by atoms with Gasteiger partial charge in [-0.25, -0.2) is 0 Å². The van der Waals surface area contributed by atoms with Crippen molar-refractivity contribution in [2.24, 2.45) is 0 Å². The standard InChI is InChI=1S/C31H31NO3/c1-24-10-8-9-15-28(24)16-17-32-31(33)20-27-18-29(34-22-25-11-4-2-5-12-25)21-30(19-27)35-23-26-13-6-3-7-14-26/h2-15,18-19,21H,16-17,20,22-23H2,1H3,(H,32,33). The van der Waals surface area contributed by atoms with E-state index in [1.165, 1.54) is 11.1 Å². The van der Waals surface area contributed by atoms with Crippen LogP contribution in [0.15, 0.2) is 103 Å². The van der Waals surface area contributed by atoms with Gasteiger partial charge in [0.05, 0.1) is 6.42 Å². The molecule has 0 unspecified atom stereocenters. The largest absolute Gasteiger partial charge is 0.489 e. The van der Waals surface area contributed by atoms with Gasteiger partial charge in [0.1, 0.15) is 24.7 Å². The van der Waals surface area contributed by atoms with Crippen molar-refractivity contribution in [3.63, 3.8) is 0 Å². The van der Waals surface area contributed by atoms with Gasteiger partial charge in [0, 0.05) is 12.6 Å². The number of aryl methyl sites for hydroxylation is 1. The maximum atomic E-state index is 12.7. The lowest BCUT2D eigenvalue weighted by Crippen LogP contribution is -2.27. The Hall–Kier alpha value is -4.05. The molecule has 4 aromatic rings. The molecule has 0 heterocycles. The number of carbonyl (C=O) groups excluding carboxylic acids is 1. The van der Waals surface area contributed by atoms with Gasteiger partial charge in [-0.1, -0.05) is 84.9 Å². The fraction of sp³-hybridized carbons (Fsp3) is 0.194. The monoisotopic (exact) mass is 465 g/mol. The number of hydrogen-bond donors (Lipinski definition) is 1. The van der Waals surface area contributed by atoms with Gasteiger partial charge in [0.15, 0.2) is 0 Å². The molecule has 0 spiro atoms. The molecule has 4 nitrogen and oxygen atoms in total. The van der Waals surface area contributed by atoms with E-state index in [2.05, 4.69) is 24.4 Å². The number of rotatable bonds is 11. The molecule has 0 radical (unpaired) electrons. The minimum absolute atomic E-state index is 0.0206. The molecule has 0 aromatic heterocycles. The maximum Gasteiger partial charge on any atom is 0.224 e. The molecule has 0 atom stereocenters. The summed E-state index contributed by atoms with van der Waals surface area (Å²) in [5, 5.41) is 3.04. The fourth-order valence-electron chi connectivity index (χ4n) is 3.86. The lowest BCUT2D eigenvalue weighted by atomic mass is 10.1. The first-order valence-corrected chi connectivity index (χ1v) is 11.9. The predicted molar refractivity (Wildman–Crippen MR) is 140 cm³/mol. The molecule has 1 amide bonds. The number of hydrogen-bond acceptors (Lipinski definition) is 3. The van der Waals surface area contributed by atoms with E-state index in [4.69, 9.17) is 9.47 Å². The van der Waals surface area contributed by atoms with E-state index in [-0.39, 0.29) is 12.3 Å². The Bertz CT molecular complexity index is 1160. The molecule has 1 N–H and O–H groups in total. The van der Waals surface area contributed by atoms with Crippen molar-refractivity contribution < 1.29 is 14.3 Å². The summed E-state index contributed by atoms with van der Waals surface area (Å²) in [6.45, 7) is 3.59. The fourth-order valence-corrected chi connectivity index (χ4v) is 3.86. The minimum atomic E-state index is -0.0206. The molecule has 0 aliphatic heterocycles. The lowest BCUT2D eigenvalue weighted by molar-refractivity contribution is -0.120. The third kappa shape index (κ3) is 7.75. The summed E-state index contributed by atoms with van der Waals surface area (Å²) in [6.07, 6.45) is 1.07. The Labute approximate surface area is 207 Å². The topological polar surface area (TPSA) is 47.6 Å². The second kappa shape index (κ2) is 12.4. The highest BCUT2D eigenvalue weighted by Crippen LogP contribution is 2.25. The van der Waals surface area contributed by atoms with Crippen LogP contribution in [-0.4, -0.2) is 12.5 Å². The van der Waals surface area contributed by atoms with E-state index in [1.807, 2.05) is 91.0 Å². The van der Waals surface area contributed by atoms with Gasteiger partial charge < -0.3 is 14.8 Å². The normalized spacial score (nSPS) is 10.5. The summed E-state index contributed by atoms with van der Waals surface area (Å²) in [4.78, 5) is 12.7. The molecule has 178 valence electrons. The first kappa shape index (κ1) is 24.1. The van der Waals surface area contributed by atoms with E-state index in [1.54, 1.807) is 0 Å². The molecule has 4 aromatic carbocycles. The van der Waals surface area contributed by atoms with Crippen LogP contribution in [-0.2, 0) is 30.8 Å². The lowest BCUT2D eigenvalue weighted by Gasteiger charge is -2.13. The first-order chi connectivity index (χ1) is 17.2. The van der Waals surface area contributed by atoms with Crippen molar-refractivity contribution in [2.45, 2.75) is 33.0 Å². The zero-order valence-corrected chi connectivity index (χ0v) is 20.1. The third-order valence-electron chi connectivity index (χ3n) is 5.78. The van der Waals surface area contributed by atoms with Crippen LogP contribution in [0.25, 0.3) is 0 Å². The molecular weight excluding hydrogens is 434 g/mol. The van der Waals surface area contributed by atoms with E-state index >= 15 is 0 Å². The Morgan fingerprint density at radius 3 is 1.80 bits per heavy atom. The number of ether oxygens (including phenoxy) is 2. The predicted octanol–water partition coefficient (Wildman–Crippen LogP) is 6.05. The average molecular weight is 466 g/mol. The van der Waals surface area contributed by atoms with Crippen LogP contribution in [0.3, 0.4) is 0 Å². The quantitative estimate of drug-likeness (QED) is 0.293. The van der Waals surface area contributed by atoms with Crippen LogP contribution in [0.4, 0.5) is 0 Å². The maximum absolute atomic E-state index is 12.7. The zero-order valence-electron chi connectivity index (χ0n) is 20.1. The zero-order chi connectivity index (χ0) is 24.3. The van der Waals surface area contributed by atoms with Crippen LogP contribution in [0.2, 0.25) is 0 Å². The van der Waals surface area contributed by atoms with E-state index in [0.29, 0.717) is 31.3 Å². The Morgan fingerprint density at radius 1 is 0.686 bits per heavy atom. The van der Waals surface area contributed by atoms with E-state index in [0.717, 1.165) is 23.1 Å². The van der Waals surface area contributed by atoms with Crippen molar-refractivity contribution >= 4 is 5.91 Å². The molecule has 35 heavy (non-hydrogen) atoms. The van der Waals surface area contributed by atoms with Gasteiger partial charge in [-0.15, -0.1) is 0 Å². The highest BCUT2D eigenvalue weighted by molar-refractivity contribution is 5.78. The van der Waals surface area contributed by atoms with Crippen LogP contribution >= 0.6 is 0 Å². The molecule has 4 heteroatoms. The molecule has 4 rings (SSSR count). The van der Waals surface area contributed by atoms with E-state index in [9.17, 15) is 4.79 Å². The smallest absolute Gasteiger partial charge is 0.224 e. The molecule has 0 saturated carbocycles. The molecule has 0 aliphatic carbocycles. The van der Waals surface area contributed by atoms with Crippen molar-refractivity contribution in [2.75, 3.05) is 6.54 Å². The van der Waals surface area contributed by atoms with Crippen molar-refractivity contribution in [1.29, 1.82) is 0 Å². The second-order valence-electron chi connectivity index (χ2n) is 8.56. The van der Waals surface area contributed by atoms with Gasteiger partial charge >= 0.3 is 0 Å². The van der Waals surface area contributed by atoms with Gasteiger partial charge in [-0.2, -0.15) is 0 Å². The molecule has 0 saturated heterocycles. The summed E-state index contributed by atoms with van der Waals surface area (Å²) in [5.74, 6) is 1.34. The number of nitrogens with one attached hydrogen (secondary N) is 1. The highest BCUT2D eigenvalue weighted by Gasteiger charge is 2.09.